The average Bonchev–Trinajstić information content (AvgIpc) is 2.56. The van der Waals surface area contributed by atoms with E-state index >= 15 is 0 Å². The predicted octanol–water partition coefficient (Wildman–Crippen LogP) is 4.40. The minimum Gasteiger partial charge on any atom is -0.383 e. The maximum Gasteiger partial charge on any atom is 0.136 e. The number of nitrogens with two attached hydrogens (primary N) is 1. The van der Waals surface area contributed by atoms with Gasteiger partial charge in [0.15, 0.2) is 0 Å². The zero-order chi connectivity index (χ0) is 13.4. The predicted molar refractivity (Wildman–Crippen MR) is 87.1 cm³/mol. The van der Waals surface area contributed by atoms with Gasteiger partial charge in [-0.15, -0.1) is 0 Å². The van der Waals surface area contributed by atoms with Gasteiger partial charge in [-0.25, -0.2) is 4.68 Å². The fourth-order valence-corrected chi connectivity index (χ4v) is 3.00. The summed E-state index contributed by atoms with van der Waals surface area (Å²) in [7, 11) is 0. The highest BCUT2D eigenvalue weighted by Gasteiger charge is 2.18. The van der Waals surface area contributed by atoms with E-state index in [0.29, 0.717) is 10.8 Å². The normalized spacial score (nSPS) is 12.7. The van der Waals surface area contributed by atoms with Crippen molar-refractivity contribution in [2.75, 3.05) is 5.73 Å². The Balaban J connectivity index is 2.47. The van der Waals surface area contributed by atoms with E-state index < -0.39 is 0 Å². The fourth-order valence-electron chi connectivity index (χ4n) is 1.81. The molecule has 2 N–H and O–H groups in total. The zero-order valence-electron chi connectivity index (χ0n) is 9.92. The first-order valence-corrected chi connectivity index (χ1v) is 7.61. The number of nitrogens with zero attached hydrogens (tertiary/aromatic N) is 2. The van der Waals surface area contributed by atoms with Gasteiger partial charge < -0.3 is 5.73 Å². The molecular weight excluding hydrogens is 428 g/mol. The summed E-state index contributed by atoms with van der Waals surface area (Å²) in [6.45, 7) is 3.98. The Kier molecular flexibility index (Phi) is 4.23. The Labute approximate surface area is 133 Å². The van der Waals surface area contributed by atoms with Gasteiger partial charge in [-0.3, -0.25) is 0 Å². The van der Waals surface area contributed by atoms with Crippen molar-refractivity contribution >= 4 is 55.9 Å². The fraction of sp³-hybridized carbons (Fsp3) is 0.250. The summed E-state index contributed by atoms with van der Waals surface area (Å²) in [4.78, 5) is 0. The van der Waals surface area contributed by atoms with Crippen molar-refractivity contribution in [1.29, 1.82) is 0 Å². The molecule has 18 heavy (non-hydrogen) atoms. The van der Waals surface area contributed by atoms with Crippen LogP contribution in [0.3, 0.4) is 0 Å². The lowest BCUT2D eigenvalue weighted by Crippen LogP contribution is -2.12. The summed E-state index contributed by atoms with van der Waals surface area (Å²) in [6, 6.07) is 5.84. The smallest absolute Gasteiger partial charge is 0.136 e. The van der Waals surface area contributed by atoms with Gasteiger partial charge in [-0.1, -0.05) is 33.6 Å². The molecule has 0 aliphatic carbocycles. The molecule has 0 bridgehead atoms. The minimum absolute atomic E-state index is 0.00724. The lowest BCUT2D eigenvalue weighted by Gasteiger charge is -2.16. The van der Waals surface area contributed by atoms with Crippen LogP contribution in [0.5, 0.6) is 0 Å². The Morgan fingerprint density at radius 3 is 2.67 bits per heavy atom. The van der Waals surface area contributed by atoms with E-state index in [1.807, 2.05) is 36.7 Å². The summed E-state index contributed by atoms with van der Waals surface area (Å²) in [5, 5.41) is 5.17. The van der Waals surface area contributed by atoms with Gasteiger partial charge in [0.2, 0.25) is 0 Å². The van der Waals surface area contributed by atoms with E-state index in [9.17, 15) is 0 Å². The first-order valence-electron chi connectivity index (χ1n) is 5.37. The van der Waals surface area contributed by atoms with E-state index in [4.69, 9.17) is 17.3 Å². The van der Waals surface area contributed by atoms with Crippen LogP contribution < -0.4 is 5.73 Å². The van der Waals surface area contributed by atoms with Gasteiger partial charge in [0.1, 0.15) is 5.82 Å². The number of aromatic nitrogens is 2. The second kappa shape index (κ2) is 5.38. The monoisotopic (exact) mass is 439 g/mol. The van der Waals surface area contributed by atoms with Crippen LogP contribution in [0, 0.1) is 10.5 Å². The number of anilines is 1. The summed E-state index contributed by atoms with van der Waals surface area (Å²) < 4.78 is 3.77. The lowest BCUT2D eigenvalue weighted by molar-refractivity contribution is 0.569. The van der Waals surface area contributed by atoms with Gasteiger partial charge in [0, 0.05) is 9.50 Å². The van der Waals surface area contributed by atoms with Gasteiger partial charge in [0.25, 0.3) is 0 Å². The van der Waals surface area contributed by atoms with Crippen LogP contribution in [0.4, 0.5) is 5.82 Å². The maximum atomic E-state index is 6.26. The third kappa shape index (κ3) is 2.53. The van der Waals surface area contributed by atoms with Crippen molar-refractivity contribution < 1.29 is 0 Å². The Morgan fingerprint density at radius 2 is 2.17 bits per heavy atom. The van der Waals surface area contributed by atoms with Crippen molar-refractivity contribution in [3.05, 3.63) is 42.5 Å². The van der Waals surface area contributed by atoms with E-state index in [1.165, 1.54) is 0 Å². The van der Waals surface area contributed by atoms with E-state index in [-0.39, 0.29) is 6.04 Å². The number of rotatable bonds is 2. The lowest BCUT2D eigenvalue weighted by atomic mass is 10.1. The highest BCUT2D eigenvalue weighted by molar-refractivity contribution is 14.1. The molecule has 1 heterocycles. The Hall–Kier alpha value is -0.270. The van der Waals surface area contributed by atoms with Crippen LogP contribution in [0.25, 0.3) is 0 Å². The molecule has 1 atom stereocenters. The number of hydrogen-bond acceptors (Lipinski definition) is 2. The van der Waals surface area contributed by atoms with E-state index in [1.54, 1.807) is 0 Å². The van der Waals surface area contributed by atoms with E-state index in [2.05, 4.69) is 43.6 Å². The number of benzene rings is 1. The van der Waals surface area contributed by atoms with Crippen LogP contribution in [0.15, 0.2) is 22.7 Å². The van der Waals surface area contributed by atoms with Crippen LogP contribution in [-0.2, 0) is 0 Å². The molecule has 0 saturated carbocycles. The van der Waals surface area contributed by atoms with Gasteiger partial charge in [-0.05, 0) is 54.1 Å². The van der Waals surface area contributed by atoms with E-state index in [0.717, 1.165) is 19.3 Å². The van der Waals surface area contributed by atoms with Crippen molar-refractivity contribution in [2.45, 2.75) is 19.9 Å². The summed E-state index contributed by atoms with van der Waals surface area (Å²) >= 11 is 11.9. The largest absolute Gasteiger partial charge is 0.383 e. The van der Waals surface area contributed by atoms with Gasteiger partial charge in [-0.2, -0.15) is 5.10 Å². The molecule has 3 nitrogen and oxygen atoms in total. The standard InChI is InChI=1S/C12H12BrClIN3/c1-6-11(15)12(16)18(17-6)7(2)9-4-3-8(13)5-10(9)14/h3-5,7H,16H2,1-2H3. The maximum absolute atomic E-state index is 6.26. The van der Waals surface area contributed by atoms with Crippen LogP contribution in [0.2, 0.25) is 5.02 Å². The molecule has 0 aliphatic heterocycles. The second-order valence-electron chi connectivity index (χ2n) is 4.07. The molecule has 0 amide bonds. The van der Waals surface area contributed by atoms with Crippen LogP contribution >= 0.6 is 50.1 Å². The molecule has 1 unspecified atom stereocenters. The molecule has 96 valence electrons. The topological polar surface area (TPSA) is 43.8 Å². The third-order valence-corrected chi connectivity index (χ3v) is 4.98. The molecule has 2 rings (SSSR count). The van der Waals surface area contributed by atoms with Crippen molar-refractivity contribution in [3.8, 4) is 0 Å². The first kappa shape index (κ1) is 14.1. The molecule has 2 aromatic rings. The number of nitrogen functional groups attached to an aromatic ring is 1. The highest BCUT2D eigenvalue weighted by atomic mass is 127. The molecule has 1 aromatic carbocycles. The molecule has 1 aromatic heterocycles. The molecule has 0 aliphatic rings. The summed E-state index contributed by atoms with van der Waals surface area (Å²) in [5.41, 5.74) is 8.01. The van der Waals surface area contributed by atoms with Crippen molar-refractivity contribution in [2.24, 2.45) is 0 Å². The van der Waals surface area contributed by atoms with Gasteiger partial charge >= 0.3 is 0 Å². The number of halogens is 3. The molecule has 0 radical (unpaired) electrons. The quantitative estimate of drug-likeness (QED) is 0.704. The average molecular weight is 441 g/mol. The Morgan fingerprint density at radius 1 is 1.50 bits per heavy atom. The van der Waals surface area contributed by atoms with Crippen molar-refractivity contribution in [1.82, 2.24) is 9.78 Å². The van der Waals surface area contributed by atoms with Crippen LogP contribution in [-0.4, -0.2) is 9.78 Å². The number of aryl methyl sites for hydroxylation is 1. The summed E-state index contributed by atoms with van der Waals surface area (Å²) in [5.74, 6) is 0.680. The molecule has 0 spiro atoms. The molecular formula is C12H12BrClIN3. The van der Waals surface area contributed by atoms with Crippen molar-refractivity contribution in [3.63, 3.8) is 0 Å². The molecule has 6 heteroatoms. The van der Waals surface area contributed by atoms with Crippen LogP contribution in [0.1, 0.15) is 24.2 Å². The second-order valence-corrected chi connectivity index (χ2v) is 6.47. The zero-order valence-corrected chi connectivity index (χ0v) is 14.4. The summed E-state index contributed by atoms with van der Waals surface area (Å²) in [6.07, 6.45) is 0. The first-order chi connectivity index (χ1) is 8.41. The SMILES string of the molecule is Cc1nn(C(C)c2ccc(Br)cc2Cl)c(N)c1I. The minimum atomic E-state index is 0.00724. The Bertz CT molecular complexity index is 597. The molecule has 0 saturated heterocycles. The highest BCUT2D eigenvalue weighted by Crippen LogP contribution is 2.31. The number of hydrogen-bond donors (Lipinski definition) is 1. The third-order valence-electron chi connectivity index (χ3n) is 2.83. The molecule has 0 fully saturated rings. The van der Waals surface area contributed by atoms with Gasteiger partial charge in [0.05, 0.1) is 15.3 Å².